The lowest BCUT2D eigenvalue weighted by Gasteiger charge is -2.16. The van der Waals surface area contributed by atoms with Crippen LogP contribution in [0.5, 0.6) is 0 Å². The second kappa shape index (κ2) is 6.73. The highest BCUT2D eigenvalue weighted by molar-refractivity contribution is 5.57. The van der Waals surface area contributed by atoms with Crippen molar-refractivity contribution in [2.45, 2.75) is 52.9 Å². The van der Waals surface area contributed by atoms with Gasteiger partial charge in [-0.25, -0.2) is 9.97 Å². The average molecular weight is 262 g/mol. The molecule has 1 aliphatic rings. The van der Waals surface area contributed by atoms with Crippen LogP contribution in [0, 0.1) is 19.8 Å². The Labute approximate surface area is 116 Å². The molecule has 4 heteroatoms. The number of anilines is 2. The fourth-order valence-electron chi connectivity index (χ4n) is 2.67. The van der Waals surface area contributed by atoms with Gasteiger partial charge in [-0.3, -0.25) is 0 Å². The highest BCUT2D eigenvalue weighted by Gasteiger charge is 2.16. The summed E-state index contributed by atoms with van der Waals surface area (Å²) in [6, 6.07) is 0. The van der Waals surface area contributed by atoms with Gasteiger partial charge in [0.2, 0.25) is 0 Å². The summed E-state index contributed by atoms with van der Waals surface area (Å²) in [6.45, 7) is 8.21. The third-order valence-electron chi connectivity index (χ3n) is 3.83. The van der Waals surface area contributed by atoms with E-state index >= 15 is 0 Å². The maximum atomic E-state index is 4.54. The lowest BCUT2D eigenvalue weighted by atomic mass is 10.1. The molecule has 0 saturated heterocycles. The fourth-order valence-corrected chi connectivity index (χ4v) is 2.67. The maximum Gasteiger partial charge on any atom is 0.134 e. The van der Waals surface area contributed by atoms with Gasteiger partial charge in [-0.15, -0.1) is 0 Å². The van der Waals surface area contributed by atoms with Gasteiger partial charge in [0.25, 0.3) is 0 Å². The number of nitrogens with zero attached hydrogens (tertiary/aromatic N) is 2. The molecule has 1 saturated carbocycles. The molecule has 2 rings (SSSR count). The second-order valence-electron chi connectivity index (χ2n) is 5.55. The zero-order chi connectivity index (χ0) is 13.7. The monoisotopic (exact) mass is 262 g/mol. The van der Waals surface area contributed by atoms with Crippen molar-refractivity contribution in [2.24, 2.45) is 5.92 Å². The molecule has 0 bridgehead atoms. The van der Waals surface area contributed by atoms with Crippen LogP contribution in [0.3, 0.4) is 0 Å². The molecule has 1 heterocycles. The van der Waals surface area contributed by atoms with Crippen LogP contribution in [0.2, 0.25) is 0 Å². The van der Waals surface area contributed by atoms with Gasteiger partial charge in [0.15, 0.2) is 0 Å². The van der Waals surface area contributed by atoms with Crippen molar-refractivity contribution in [2.75, 3.05) is 23.7 Å². The Hall–Kier alpha value is -1.32. The normalized spacial score (nSPS) is 15.7. The fraction of sp³-hybridized carbons (Fsp3) is 0.733. The molecular weight excluding hydrogens is 236 g/mol. The number of rotatable bonds is 6. The van der Waals surface area contributed by atoms with E-state index in [0.29, 0.717) is 0 Å². The van der Waals surface area contributed by atoms with Crippen molar-refractivity contribution in [1.82, 2.24) is 9.97 Å². The van der Waals surface area contributed by atoms with Crippen molar-refractivity contribution >= 4 is 11.6 Å². The first kappa shape index (κ1) is 14.1. The van der Waals surface area contributed by atoms with Crippen molar-refractivity contribution in [1.29, 1.82) is 0 Å². The number of aryl methyl sites for hydroxylation is 1. The van der Waals surface area contributed by atoms with Crippen molar-refractivity contribution < 1.29 is 0 Å². The lowest BCUT2D eigenvalue weighted by Crippen LogP contribution is -2.15. The molecule has 1 fully saturated rings. The minimum absolute atomic E-state index is 0.821. The SMILES string of the molecule is CCCNc1nc(C)nc(NCC2CCCC2)c1C. The van der Waals surface area contributed by atoms with Crippen molar-refractivity contribution in [3.05, 3.63) is 11.4 Å². The molecule has 4 nitrogen and oxygen atoms in total. The van der Waals surface area contributed by atoms with E-state index in [2.05, 4.69) is 34.4 Å². The number of hydrogen-bond acceptors (Lipinski definition) is 4. The molecule has 0 spiro atoms. The Kier molecular flexibility index (Phi) is 5.00. The molecule has 0 unspecified atom stereocenters. The Morgan fingerprint density at radius 1 is 1.05 bits per heavy atom. The van der Waals surface area contributed by atoms with Crippen LogP contribution in [0.15, 0.2) is 0 Å². The van der Waals surface area contributed by atoms with E-state index in [1.165, 1.54) is 25.7 Å². The average Bonchev–Trinajstić information content (AvgIpc) is 2.91. The van der Waals surface area contributed by atoms with Gasteiger partial charge in [0.1, 0.15) is 17.5 Å². The molecule has 0 radical (unpaired) electrons. The first-order valence-electron chi connectivity index (χ1n) is 7.53. The third-order valence-corrected chi connectivity index (χ3v) is 3.83. The topological polar surface area (TPSA) is 49.8 Å². The summed E-state index contributed by atoms with van der Waals surface area (Å²) in [5.41, 5.74) is 1.14. The standard InChI is InChI=1S/C15H26N4/c1-4-9-16-14-11(2)15(19-12(3)18-14)17-10-13-7-5-6-8-13/h13H,4-10H2,1-3H3,(H2,16,17,18,19). The first-order chi connectivity index (χ1) is 9.20. The Morgan fingerprint density at radius 3 is 2.32 bits per heavy atom. The van der Waals surface area contributed by atoms with Crippen LogP contribution in [0.25, 0.3) is 0 Å². The molecule has 1 aromatic heterocycles. The summed E-state index contributed by atoms with van der Waals surface area (Å²) in [7, 11) is 0. The van der Waals surface area contributed by atoms with E-state index < -0.39 is 0 Å². The lowest BCUT2D eigenvalue weighted by molar-refractivity contribution is 0.578. The predicted molar refractivity (Wildman–Crippen MR) is 80.7 cm³/mol. The van der Waals surface area contributed by atoms with Gasteiger partial charge in [-0.2, -0.15) is 0 Å². The van der Waals surface area contributed by atoms with Gasteiger partial charge in [0, 0.05) is 18.7 Å². The number of nitrogens with one attached hydrogen (secondary N) is 2. The minimum atomic E-state index is 0.821. The Balaban J connectivity index is 2.03. The minimum Gasteiger partial charge on any atom is -0.370 e. The largest absolute Gasteiger partial charge is 0.370 e. The van der Waals surface area contributed by atoms with Crippen molar-refractivity contribution in [3.63, 3.8) is 0 Å². The summed E-state index contributed by atoms with van der Waals surface area (Å²) in [5.74, 6) is 3.63. The summed E-state index contributed by atoms with van der Waals surface area (Å²) in [4.78, 5) is 9.03. The molecular formula is C15H26N4. The second-order valence-corrected chi connectivity index (χ2v) is 5.55. The number of aromatic nitrogens is 2. The molecule has 19 heavy (non-hydrogen) atoms. The highest BCUT2D eigenvalue weighted by Crippen LogP contribution is 2.26. The van der Waals surface area contributed by atoms with Gasteiger partial charge < -0.3 is 10.6 Å². The quantitative estimate of drug-likeness (QED) is 0.823. The predicted octanol–water partition coefficient (Wildman–Crippen LogP) is 3.52. The molecule has 0 atom stereocenters. The molecule has 106 valence electrons. The van der Waals surface area contributed by atoms with Gasteiger partial charge in [0.05, 0.1) is 0 Å². The molecule has 2 N–H and O–H groups in total. The molecule has 0 amide bonds. The van der Waals surface area contributed by atoms with Crippen LogP contribution in [0.1, 0.15) is 50.4 Å². The summed E-state index contributed by atoms with van der Waals surface area (Å²) >= 11 is 0. The zero-order valence-corrected chi connectivity index (χ0v) is 12.4. The van der Waals surface area contributed by atoms with Gasteiger partial charge >= 0.3 is 0 Å². The summed E-state index contributed by atoms with van der Waals surface area (Å²) < 4.78 is 0. The van der Waals surface area contributed by atoms with Crippen LogP contribution in [-0.2, 0) is 0 Å². The van der Waals surface area contributed by atoms with Gasteiger partial charge in [-0.1, -0.05) is 19.8 Å². The molecule has 1 aromatic rings. The Bertz CT molecular complexity index is 411. The van der Waals surface area contributed by atoms with E-state index in [-0.39, 0.29) is 0 Å². The highest BCUT2D eigenvalue weighted by atomic mass is 15.1. The van der Waals surface area contributed by atoms with Crippen LogP contribution >= 0.6 is 0 Å². The van der Waals surface area contributed by atoms with E-state index in [4.69, 9.17) is 0 Å². The van der Waals surface area contributed by atoms with Gasteiger partial charge in [-0.05, 0) is 39.0 Å². The molecule has 0 aromatic carbocycles. The van der Waals surface area contributed by atoms with E-state index in [1.54, 1.807) is 0 Å². The molecule has 1 aliphatic carbocycles. The smallest absolute Gasteiger partial charge is 0.134 e. The summed E-state index contributed by atoms with van der Waals surface area (Å²) in [6.07, 6.45) is 6.59. The maximum absolute atomic E-state index is 4.54. The van der Waals surface area contributed by atoms with E-state index in [9.17, 15) is 0 Å². The molecule has 0 aliphatic heterocycles. The van der Waals surface area contributed by atoms with Crippen LogP contribution in [-0.4, -0.2) is 23.1 Å². The van der Waals surface area contributed by atoms with Crippen molar-refractivity contribution in [3.8, 4) is 0 Å². The van der Waals surface area contributed by atoms with E-state index in [1.807, 2.05) is 6.92 Å². The first-order valence-corrected chi connectivity index (χ1v) is 7.53. The Morgan fingerprint density at radius 2 is 1.68 bits per heavy atom. The van der Waals surface area contributed by atoms with Crippen LogP contribution < -0.4 is 10.6 Å². The zero-order valence-electron chi connectivity index (χ0n) is 12.4. The third kappa shape index (κ3) is 3.82. The summed E-state index contributed by atoms with van der Waals surface area (Å²) in [5, 5.41) is 6.90. The van der Waals surface area contributed by atoms with Crippen LogP contribution in [0.4, 0.5) is 11.6 Å². The number of hydrogen-bond donors (Lipinski definition) is 2. The van der Waals surface area contributed by atoms with E-state index in [0.717, 1.165) is 48.5 Å².